The summed E-state index contributed by atoms with van der Waals surface area (Å²) >= 11 is 0. The summed E-state index contributed by atoms with van der Waals surface area (Å²) in [7, 11) is -2.66. The first kappa shape index (κ1) is 29.6. The minimum atomic E-state index is -4.20. The number of non-ortho nitro benzene ring substituents is 1. The van der Waals surface area contributed by atoms with Gasteiger partial charge in [-0.15, -0.1) is 0 Å². The summed E-state index contributed by atoms with van der Waals surface area (Å²) in [5.41, 5.74) is 0.538. The van der Waals surface area contributed by atoms with Gasteiger partial charge in [0.15, 0.2) is 5.69 Å². The van der Waals surface area contributed by atoms with Crippen molar-refractivity contribution in [3.8, 4) is 23.1 Å². The number of carbonyl (C=O) groups excluding carboxylic acids is 1. The largest absolute Gasteiger partial charge is 0.497 e. The molecule has 0 fully saturated rings. The fourth-order valence-corrected chi connectivity index (χ4v) is 4.83. The van der Waals surface area contributed by atoms with Crippen LogP contribution < -0.4 is 19.5 Å². The van der Waals surface area contributed by atoms with Gasteiger partial charge in [-0.2, -0.15) is 9.78 Å². The zero-order chi connectivity index (χ0) is 28.9. The molecule has 13 heteroatoms. The van der Waals surface area contributed by atoms with Crippen LogP contribution in [-0.2, 0) is 10.0 Å². The average Bonchev–Trinajstić information content (AvgIpc) is 3.23. The van der Waals surface area contributed by atoms with Crippen LogP contribution in [0, 0.1) is 23.0 Å². The Hall–Kier alpha value is -3.97. The third-order valence-corrected chi connectivity index (χ3v) is 7.35. The van der Waals surface area contributed by atoms with Gasteiger partial charge in [0.1, 0.15) is 16.4 Å². The van der Waals surface area contributed by atoms with Gasteiger partial charge >= 0.3 is 0 Å². The van der Waals surface area contributed by atoms with Gasteiger partial charge in [-0.05, 0) is 56.5 Å². The Balaban J connectivity index is 2.18. The van der Waals surface area contributed by atoms with E-state index in [2.05, 4.69) is 15.1 Å². The van der Waals surface area contributed by atoms with E-state index < -0.39 is 31.4 Å². The third-order valence-electron chi connectivity index (χ3n) is 5.91. The summed E-state index contributed by atoms with van der Waals surface area (Å²) in [5.74, 6) is 0.0780. The Morgan fingerprint density at radius 3 is 2.38 bits per heavy atom. The SMILES string of the molecule is CC[C@@H](C)NC(=O)c1nn(-c2ccc(OC)cc2)c(Oc2ccc([N+](=O)[O-])cc2S(=O)(=O)NCC(C)C)c1C. The summed E-state index contributed by atoms with van der Waals surface area (Å²) in [6.07, 6.45) is 0.709. The second-order valence-electron chi connectivity index (χ2n) is 9.41. The number of amides is 1. The van der Waals surface area contributed by atoms with Gasteiger partial charge in [-0.1, -0.05) is 20.8 Å². The first-order valence-electron chi connectivity index (χ1n) is 12.4. The smallest absolute Gasteiger partial charge is 0.272 e. The van der Waals surface area contributed by atoms with Crippen LogP contribution in [0.3, 0.4) is 0 Å². The van der Waals surface area contributed by atoms with E-state index in [1.807, 2.05) is 27.7 Å². The molecule has 0 aliphatic rings. The predicted molar refractivity (Wildman–Crippen MR) is 145 cm³/mol. The molecular formula is C26H33N5O7S. The number of nitro groups is 1. The molecule has 1 heterocycles. The van der Waals surface area contributed by atoms with Gasteiger partial charge in [-0.3, -0.25) is 14.9 Å². The minimum absolute atomic E-state index is 0.00632. The number of carbonyl (C=O) groups is 1. The average molecular weight is 560 g/mol. The molecule has 3 aromatic rings. The van der Waals surface area contributed by atoms with Crippen LogP contribution in [0.4, 0.5) is 5.69 Å². The van der Waals surface area contributed by atoms with E-state index in [1.54, 1.807) is 31.2 Å². The van der Waals surface area contributed by atoms with Crippen LogP contribution in [0.25, 0.3) is 5.69 Å². The van der Waals surface area contributed by atoms with E-state index in [4.69, 9.17) is 9.47 Å². The lowest BCUT2D eigenvalue weighted by Crippen LogP contribution is -2.32. The standard InChI is InChI=1S/C26H33N5O7S/c1-7-17(4)28-25(32)24-18(5)26(30(29-24)19-8-11-21(37-6)12-9-19)38-22-13-10-20(31(33)34)14-23(22)39(35,36)27-15-16(2)3/h8-14,16-17,27H,7,15H2,1-6H3,(H,28,32)/t17-/m1/s1. The van der Waals surface area contributed by atoms with Gasteiger partial charge in [0.25, 0.3) is 11.6 Å². The lowest BCUT2D eigenvalue weighted by Gasteiger charge is -2.15. The molecule has 0 saturated heterocycles. The van der Waals surface area contributed by atoms with Gasteiger partial charge in [-0.25, -0.2) is 13.1 Å². The predicted octanol–water partition coefficient (Wildman–Crippen LogP) is 4.35. The molecule has 1 aromatic heterocycles. The molecule has 0 spiro atoms. The van der Waals surface area contributed by atoms with Crippen molar-refractivity contribution < 1.29 is 27.6 Å². The molecule has 12 nitrogen and oxygen atoms in total. The maximum absolute atomic E-state index is 13.2. The fraction of sp³-hybridized carbons (Fsp3) is 0.385. The quantitative estimate of drug-likeness (QED) is 0.245. The number of hydrogen-bond donors (Lipinski definition) is 2. The molecule has 210 valence electrons. The zero-order valence-electron chi connectivity index (χ0n) is 22.7. The van der Waals surface area contributed by atoms with E-state index >= 15 is 0 Å². The first-order chi connectivity index (χ1) is 18.4. The molecule has 0 bridgehead atoms. The number of nitrogens with zero attached hydrogens (tertiary/aromatic N) is 3. The van der Waals surface area contributed by atoms with Crippen LogP contribution in [0.5, 0.6) is 17.4 Å². The molecule has 0 radical (unpaired) electrons. The molecule has 0 saturated carbocycles. The number of nitrogens with one attached hydrogen (secondary N) is 2. The molecule has 1 atom stereocenters. The van der Waals surface area contributed by atoms with E-state index in [-0.39, 0.29) is 35.8 Å². The summed E-state index contributed by atoms with van der Waals surface area (Å²) < 4.78 is 41.6. The topological polar surface area (TPSA) is 155 Å². The molecule has 39 heavy (non-hydrogen) atoms. The van der Waals surface area contributed by atoms with Crippen molar-refractivity contribution in [2.75, 3.05) is 13.7 Å². The zero-order valence-corrected chi connectivity index (χ0v) is 23.5. The lowest BCUT2D eigenvalue weighted by atomic mass is 10.2. The van der Waals surface area contributed by atoms with Crippen LogP contribution in [0.1, 0.15) is 50.2 Å². The third kappa shape index (κ3) is 6.92. The lowest BCUT2D eigenvalue weighted by molar-refractivity contribution is -0.385. The van der Waals surface area contributed by atoms with Crippen LogP contribution in [0.2, 0.25) is 0 Å². The highest BCUT2D eigenvalue weighted by Crippen LogP contribution is 2.36. The van der Waals surface area contributed by atoms with Crippen molar-refractivity contribution in [1.29, 1.82) is 0 Å². The maximum Gasteiger partial charge on any atom is 0.272 e. The molecule has 0 aliphatic carbocycles. The van der Waals surface area contributed by atoms with Crippen molar-refractivity contribution in [3.63, 3.8) is 0 Å². The summed E-state index contributed by atoms with van der Waals surface area (Å²) in [4.78, 5) is 23.4. The van der Waals surface area contributed by atoms with Crippen molar-refractivity contribution in [2.24, 2.45) is 5.92 Å². The Bertz CT molecular complexity index is 1450. The van der Waals surface area contributed by atoms with Gasteiger partial charge in [0.2, 0.25) is 15.9 Å². The van der Waals surface area contributed by atoms with Crippen molar-refractivity contribution in [2.45, 2.75) is 52.0 Å². The van der Waals surface area contributed by atoms with Crippen LogP contribution >= 0.6 is 0 Å². The van der Waals surface area contributed by atoms with Gasteiger partial charge in [0.05, 0.1) is 17.7 Å². The normalized spacial score (nSPS) is 12.3. The van der Waals surface area contributed by atoms with Gasteiger partial charge in [0, 0.05) is 30.3 Å². The number of nitro benzene ring substituents is 1. The van der Waals surface area contributed by atoms with Crippen molar-refractivity contribution >= 4 is 21.6 Å². The number of rotatable bonds is 12. The second kappa shape index (κ2) is 12.3. The summed E-state index contributed by atoms with van der Waals surface area (Å²) in [6, 6.07) is 10.0. The molecule has 0 unspecified atom stereocenters. The summed E-state index contributed by atoms with van der Waals surface area (Å²) in [5, 5.41) is 18.8. The maximum atomic E-state index is 13.2. The number of ether oxygens (including phenoxy) is 2. The molecule has 1 amide bonds. The molecule has 2 aromatic carbocycles. The van der Waals surface area contributed by atoms with E-state index in [9.17, 15) is 23.3 Å². The highest BCUT2D eigenvalue weighted by atomic mass is 32.2. The minimum Gasteiger partial charge on any atom is -0.497 e. The van der Waals surface area contributed by atoms with Crippen LogP contribution in [-0.4, -0.2) is 48.7 Å². The summed E-state index contributed by atoms with van der Waals surface area (Å²) in [6.45, 7) is 9.21. The highest BCUT2D eigenvalue weighted by molar-refractivity contribution is 7.89. The Morgan fingerprint density at radius 1 is 1.15 bits per heavy atom. The Morgan fingerprint density at radius 2 is 1.82 bits per heavy atom. The second-order valence-corrected chi connectivity index (χ2v) is 11.1. The van der Waals surface area contributed by atoms with E-state index in [0.717, 1.165) is 12.1 Å². The van der Waals surface area contributed by atoms with Crippen molar-refractivity contribution in [1.82, 2.24) is 19.8 Å². The molecular weight excluding hydrogens is 526 g/mol. The number of aromatic nitrogens is 2. The molecule has 3 rings (SSSR count). The highest BCUT2D eigenvalue weighted by Gasteiger charge is 2.28. The first-order valence-corrected chi connectivity index (χ1v) is 13.9. The fourth-order valence-electron chi connectivity index (χ4n) is 3.47. The van der Waals surface area contributed by atoms with Crippen molar-refractivity contribution in [3.05, 3.63) is 63.8 Å². The Kier molecular flexibility index (Phi) is 9.30. The molecule has 0 aliphatic heterocycles. The number of benzene rings is 2. The number of sulfonamides is 1. The number of methoxy groups -OCH3 is 1. The number of hydrogen-bond acceptors (Lipinski definition) is 8. The monoisotopic (exact) mass is 559 g/mol. The Labute approximate surface area is 227 Å². The van der Waals surface area contributed by atoms with Gasteiger partial charge < -0.3 is 14.8 Å². The van der Waals surface area contributed by atoms with E-state index in [0.29, 0.717) is 23.4 Å². The van der Waals surface area contributed by atoms with Crippen LogP contribution in [0.15, 0.2) is 47.4 Å². The molecule has 2 N–H and O–H groups in total. The van der Waals surface area contributed by atoms with E-state index in [1.165, 1.54) is 17.9 Å².